The molecule has 0 aliphatic carbocycles. The quantitative estimate of drug-likeness (QED) is 0.262. The van der Waals surface area contributed by atoms with Crippen LogP contribution in [0, 0.1) is 0 Å². The van der Waals surface area contributed by atoms with Crippen LogP contribution in [-0.2, 0) is 39.4 Å². The summed E-state index contributed by atoms with van der Waals surface area (Å²) in [4.78, 5) is 42.8. The first-order chi connectivity index (χ1) is 19.0. The van der Waals surface area contributed by atoms with Gasteiger partial charge in [-0.1, -0.05) is 19.9 Å². The number of hydrogen-bond acceptors (Lipinski definition) is 8. The van der Waals surface area contributed by atoms with Crippen LogP contribution in [0.15, 0.2) is 29.1 Å². The molecular weight excluding hydrogens is 514 g/mol. The normalized spacial score (nSPS) is 17.6. The molecule has 212 valence electrons. The third-order valence-corrected chi connectivity index (χ3v) is 7.35. The molecular formula is C30H35N3O7. The van der Waals surface area contributed by atoms with Gasteiger partial charge in [-0.2, -0.15) is 0 Å². The van der Waals surface area contributed by atoms with Crippen LogP contribution < -0.4 is 15.6 Å². The molecule has 0 spiro atoms. The number of nitrogens with zero attached hydrogens (tertiary/aromatic N) is 2. The van der Waals surface area contributed by atoms with Crippen LogP contribution in [0.1, 0.15) is 69.7 Å². The number of carbonyl (C=O) groups is 2. The van der Waals surface area contributed by atoms with Gasteiger partial charge in [0.25, 0.3) is 5.56 Å². The fraction of sp³-hybridized carbons (Fsp3) is 0.467. The highest BCUT2D eigenvalue weighted by Crippen LogP contribution is 2.40. The zero-order valence-corrected chi connectivity index (χ0v) is 23.6. The summed E-state index contributed by atoms with van der Waals surface area (Å²) in [6.45, 7) is 10.1. The molecule has 2 aliphatic heterocycles. The Hall–Kier alpha value is -3.92. The maximum atomic E-state index is 13.5. The molecule has 10 heteroatoms. The number of aliphatic hydroxyl groups is 1. The number of alkyl carbamates (subject to hydrolysis) is 1. The number of rotatable bonds is 7. The number of esters is 1. The molecule has 0 radical (unpaired) electrons. The Bertz CT molecular complexity index is 1570. The Kier molecular flexibility index (Phi) is 7.08. The van der Waals surface area contributed by atoms with Gasteiger partial charge in [-0.25, -0.2) is 14.6 Å². The molecule has 2 aromatic heterocycles. The molecule has 0 bridgehead atoms. The van der Waals surface area contributed by atoms with E-state index in [0.29, 0.717) is 54.4 Å². The average molecular weight is 550 g/mol. The highest BCUT2D eigenvalue weighted by molar-refractivity contribution is 5.91. The summed E-state index contributed by atoms with van der Waals surface area (Å²) < 4.78 is 18.2. The van der Waals surface area contributed by atoms with Crippen molar-refractivity contribution in [1.29, 1.82) is 0 Å². The monoisotopic (exact) mass is 549 g/mol. The van der Waals surface area contributed by atoms with Crippen LogP contribution in [0.2, 0.25) is 0 Å². The molecule has 0 saturated heterocycles. The minimum Gasteiger partial charge on any atom is -0.493 e. The number of aromatic nitrogens is 2. The average Bonchev–Trinajstić information content (AvgIpc) is 3.26. The van der Waals surface area contributed by atoms with E-state index in [2.05, 4.69) is 5.32 Å². The minimum atomic E-state index is -1.87. The number of ether oxygens (including phenoxy) is 3. The summed E-state index contributed by atoms with van der Waals surface area (Å²) in [6.07, 6.45) is 0.964. The van der Waals surface area contributed by atoms with Gasteiger partial charge in [0.05, 0.1) is 35.6 Å². The smallest absolute Gasteiger partial charge is 0.407 e. The van der Waals surface area contributed by atoms with E-state index < -0.39 is 23.3 Å². The lowest BCUT2D eigenvalue weighted by atomic mass is 9.86. The molecule has 2 aliphatic rings. The summed E-state index contributed by atoms with van der Waals surface area (Å²) in [5, 5.41) is 14.7. The number of hydrogen-bond donors (Lipinski definition) is 2. The van der Waals surface area contributed by atoms with Crippen molar-refractivity contribution in [2.24, 2.45) is 0 Å². The van der Waals surface area contributed by atoms with E-state index in [1.807, 2.05) is 45.9 Å². The molecule has 1 aromatic carbocycles. The lowest BCUT2D eigenvalue weighted by Gasteiger charge is -2.31. The second-order valence-electron chi connectivity index (χ2n) is 11.2. The third kappa shape index (κ3) is 4.81. The first-order valence-electron chi connectivity index (χ1n) is 13.7. The van der Waals surface area contributed by atoms with E-state index in [4.69, 9.17) is 19.2 Å². The van der Waals surface area contributed by atoms with Gasteiger partial charge in [-0.3, -0.25) is 4.79 Å². The summed E-state index contributed by atoms with van der Waals surface area (Å²) in [6, 6.07) is 7.63. The predicted octanol–water partition coefficient (Wildman–Crippen LogP) is 3.94. The van der Waals surface area contributed by atoms with Gasteiger partial charge in [0.15, 0.2) is 5.60 Å². The second-order valence-corrected chi connectivity index (χ2v) is 11.2. The van der Waals surface area contributed by atoms with Crippen LogP contribution in [0.25, 0.3) is 22.3 Å². The van der Waals surface area contributed by atoms with E-state index in [-0.39, 0.29) is 18.6 Å². The number of aryl methyl sites for hydroxylation is 1. The third-order valence-electron chi connectivity index (χ3n) is 7.35. The Labute approximate surface area is 232 Å². The highest BCUT2D eigenvalue weighted by Gasteiger charge is 2.45. The van der Waals surface area contributed by atoms with Crippen molar-refractivity contribution >= 4 is 23.0 Å². The SMILES string of the molecule is CCc1ccc(OCCCNC(=O)OC(C)(C)C)c2cc3c(nc12)-c1cc2c(c(=O)n1C3)COC(=O)[C@]2(O)CC. The summed E-state index contributed by atoms with van der Waals surface area (Å²) in [5.74, 6) is -0.0744. The lowest BCUT2D eigenvalue weighted by Crippen LogP contribution is -2.44. The molecule has 4 heterocycles. The van der Waals surface area contributed by atoms with E-state index >= 15 is 0 Å². The van der Waals surface area contributed by atoms with Gasteiger partial charge in [0.2, 0.25) is 0 Å². The van der Waals surface area contributed by atoms with Crippen LogP contribution in [0.5, 0.6) is 5.75 Å². The predicted molar refractivity (Wildman–Crippen MR) is 148 cm³/mol. The van der Waals surface area contributed by atoms with Crippen LogP contribution in [0.3, 0.4) is 0 Å². The van der Waals surface area contributed by atoms with Gasteiger partial charge in [0, 0.05) is 23.1 Å². The van der Waals surface area contributed by atoms with Gasteiger partial charge < -0.3 is 29.2 Å². The van der Waals surface area contributed by atoms with E-state index in [9.17, 15) is 19.5 Å². The maximum absolute atomic E-state index is 13.5. The zero-order chi connectivity index (χ0) is 28.8. The molecule has 40 heavy (non-hydrogen) atoms. The highest BCUT2D eigenvalue weighted by atomic mass is 16.6. The summed E-state index contributed by atoms with van der Waals surface area (Å²) in [7, 11) is 0. The summed E-state index contributed by atoms with van der Waals surface area (Å²) in [5.41, 5.74) is 1.76. The number of pyridine rings is 2. The number of benzene rings is 1. The molecule has 10 nitrogen and oxygen atoms in total. The van der Waals surface area contributed by atoms with Crippen molar-refractivity contribution in [1.82, 2.24) is 14.9 Å². The fourth-order valence-corrected chi connectivity index (χ4v) is 5.27. The number of cyclic esters (lactones) is 1. The number of fused-ring (bicyclic) bond motifs is 5. The largest absolute Gasteiger partial charge is 0.493 e. The van der Waals surface area contributed by atoms with E-state index in [0.717, 1.165) is 28.5 Å². The van der Waals surface area contributed by atoms with E-state index in [1.165, 1.54) is 0 Å². The molecule has 1 amide bonds. The van der Waals surface area contributed by atoms with Crippen molar-refractivity contribution in [2.45, 2.75) is 78.2 Å². The minimum absolute atomic E-state index is 0.0910. The molecule has 2 N–H and O–H groups in total. The standard InChI is InChI=1S/C30H35N3O7/c1-6-17-9-10-23(38-12-8-11-31-28(36)40-29(3,4)5)19-13-18-15-33-22(25(18)32-24(17)19)14-21-20(26(33)34)16-39-27(35)30(21,37)7-2/h9-10,13-14,37H,6-8,11-12,15-16H2,1-5H3,(H,31,36)/t30-/m0/s1. The maximum Gasteiger partial charge on any atom is 0.407 e. The van der Waals surface area contributed by atoms with Crippen molar-refractivity contribution in [3.05, 3.63) is 56.9 Å². The Morgan fingerprint density at radius 1 is 1.23 bits per heavy atom. The molecule has 3 aromatic rings. The van der Waals surface area contributed by atoms with Gasteiger partial charge in [-0.05, 0) is 63.8 Å². The van der Waals surface area contributed by atoms with Crippen molar-refractivity contribution < 1.29 is 28.9 Å². The summed E-state index contributed by atoms with van der Waals surface area (Å²) >= 11 is 0. The second kappa shape index (κ2) is 10.2. The van der Waals surface area contributed by atoms with Gasteiger partial charge in [-0.15, -0.1) is 0 Å². The molecule has 0 unspecified atom stereocenters. The number of amides is 1. The van der Waals surface area contributed by atoms with Crippen LogP contribution >= 0.6 is 0 Å². The van der Waals surface area contributed by atoms with Gasteiger partial charge in [0.1, 0.15) is 18.0 Å². The Morgan fingerprint density at radius 3 is 2.70 bits per heavy atom. The van der Waals surface area contributed by atoms with Crippen molar-refractivity contribution in [3.63, 3.8) is 0 Å². The first kappa shape index (κ1) is 27.6. The number of carbonyl (C=O) groups excluding carboxylic acids is 2. The van der Waals surface area contributed by atoms with E-state index in [1.54, 1.807) is 17.6 Å². The molecule has 5 rings (SSSR count). The Morgan fingerprint density at radius 2 is 2.00 bits per heavy atom. The molecule has 1 atom stereocenters. The molecule has 0 saturated carbocycles. The van der Waals surface area contributed by atoms with Crippen LogP contribution in [0.4, 0.5) is 4.79 Å². The first-order valence-corrected chi connectivity index (χ1v) is 13.7. The number of nitrogens with one attached hydrogen (secondary N) is 1. The van der Waals surface area contributed by atoms with Crippen LogP contribution in [-0.4, -0.2) is 45.5 Å². The fourth-order valence-electron chi connectivity index (χ4n) is 5.27. The topological polar surface area (TPSA) is 129 Å². The van der Waals surface area contributed by atoms with Gasteiger partial charge >= 0.3 is 12.1 Å². The molecule has 0 fully saturated rings. The zero-order valence-electron chi connectivity index (χ0n) is 23.6. The van der Waals surface area contributed by atoms with Crippen molar-refractivity contribution in [3.8, 4) is 17.1 Å². The van der Waals surface area contributed by atoms with Crippen molar-refractivity contribution in [2.75, 3.05) is 13.2 Å². The lowest BCUT2D eigenvalue weighted by molar-refractivity contribution is -0.172. The Balaban J connectivity index is 1.44.